The van der Waals surface area contributed by atoms with Crippen LogP contribution in [0.4, 0.5) is 0 Å². The number of aliphatic carboxylic acids is 1. The molecule has 1 atom stereocenters. The molecule has 0 saturated carbocycles. The van der Waals surface area contributed by atoms with Gasteiger partial charge in [0.05, 0.1) is 19.6 Å². The van der Waals surface area contributed by atoms with Gasteiger partial charge in [0.1, 0.15) is 5.75 Å². The monoisotopic (exact) mass is 293 g/mol. The Morgan fingerprint density at radius 3 is 2.48 bits per heavy atom. The van der Waals surface area contributed by atoms with Gasteiger partial charge in [-0.2, -0.15) is 0 Å². The average Bonchev–Trinajstić information content (AvgIpc) is 2.42. The van der Waals surface area contributed by atoms with Gasteiger partial charge in [-0.05, 0) is 43.1 Å². The second-order valence-electron chi connectivity index (χ2n) is 5.50. The number of hydrogen-bond donors (Lipinski definition) is 2. The van der Waals surface area contributed by atoms with E-state index in [4.69, 9.17) is 9.84 Å². The molecule has 0 heterocycles. The zero-order valence-corrected chi connectivity index (χ0v) is 13.0. The van der Waals surface area contributed by atoms with Crippen LogP contribution in [0.25, 0.3) is 0 Å². The lowest BCUT2D eigenvalue weighted by Gasteiger charge is -2.18. The molecular weight excluding hydrogens is 270 g/mol. The van der Waals surface area contributed by atoms with Gasteiger partial charge >= 0.3 is 5.97 Å². The van der Waals surface area contributed by atoms with Gasteiger partial charge < -0.3 is 15.2 Å². The fraction of sp³-hybridized carbons (Fsp3) is 0.500. The fourth-order valence-corrected chi connectivity index (χ4v) is 2.04. The summed E-state index contributed by atoms with van der Waals surface area (Å²) in [7, 11) is 1.56. The van der Waals surface area contributed by atoms with Crippen LogP contribution in [-0.2, 0) is 4.79 Å². The first-order chi connectivity index (χ1) is 9.85. The van der Waals surface area contributed by atoms with Crippen LogP contribution < -0.4 is 10.1 Å². The molecule has 0 radical (unpaired) electrons. The normalized spacial score (nSPS) is 12.2. The molecule has 2 N–H and O–H groups in total. The summed E-state index contributed by atoms with van der Waals surface area (Å²) in [6.45, 7) is 6.43. The fourth-order valence-electron chi connectivity index (χ4n) is 2.04. The smallest absolute Gasteiger partial charge is 0.305 e. The number of ketones is 1. The molecule has 0 aliphatic rings. The van der Waals surface area contributed by atoms with E-state index in [1.54, 1.807) is 25.3 Å². The highest BCUT2D eigenvalue weighted by molar-refractivity contribution is 6.02. The summed E-state index contributed by atoms with van der Waals surface area (Å²) >= 11 is 0. The molecule has 1 aromatic carbocycles. The van der Waals surface area contributed by atoms with Gasteiger partial charge in [0.2, 0.25) is 0 Å². The van der Waals surface area contributed by atoms with Gasteiger partial charge in [0, 0.05) is 5.56 Å². The van der Waals surface area contributed by atoms with Gasteiger partial charge in [-0.1, -0.05) is 13.8 Å². The molecule has 0 aromatic heterocycles. The quantitative estimate of drug-likeness (QED) is 0.719. The van der Waals surface area contributed by atoms with Crippen LogP contribution in [0.15, 0.2) is 18.2 Å². The number of Topliss-reactive ketones (excluding diaryl/α,β-unsaturated/α-hetero) is 1. The van der Waals surface area contributed by atoms with Crippen molar-refractivity contribution in [3.8, 4) is 5.75 Å². The molecule has 0 saturated heterocycles. The number of rotatable bonds is 8. The zero-order chi connectivity index (χ0) is 16.0. The topological polar surface area (TPSA) is 75.6 Å². The second-order valence-corrected chi connectivity index (χ2v) is 5.50. The van der Waals surface area contributed by atoms with Crippen LogP contribution in [0.3, 0.4) is 0 Å². The van der Waals surface area contributed by atoms with E-state index in [0.717, 1.165) is 5.56 Å². The molecule has 1 rings (SSSR count). The summed E-state index contributed by atoms with van der Waals surface area (Å²) in [5, 5.41) is 12.0. The van der Waals surface area contributed by atoms with Crippen molar-refractivity contribution >= 4 is 11.8 Å². The number of carboxylic acids is 1. The van der Waals surface area contributed by atoms with Gasteiger partial charge in [0.25, 0.3) is 0 Å². The molecule has 0 fully saturated rings. The number of hydrogen-bond acceptors (Lipinski definition) is 4. The molecule has 116 valence electrons. The summed E-state index contributed by atoms with van der Waals surface area (Å²) in [6.07, 6.45) is -0.225. The van der Waals surface area contributed by atoms with Crippen molar-refractivity contribution in [3.05, 3.63) is 29.3 Å². The largest absolute Gasteiger partial charge is 0.497 e. The highest BCUT2D eigenvalue weighted by atomic mass is 16.5. The van der Waals surface area contributed by atoms with Crippen molar-refractivity contribution in [2.75, 3.05) is 13.7 Å². The SMILES string of the molecule is COc1ccc(C(=O)C(CC(=O)O)NCC(C)C)c(C)c1. The summed E-state index contributed by atoms with van der Waals surface area (Å²) in [4.78, 5) is 23.5. The van der Waals surface area contributed by atoms with Crippen LogP contribution >= 0.6 is 0 Å². The number of carbonyl (C=O) groups is 2. The predicted molar refractivity (Wildman–Crippen MR) is 80.9 cm³/mol. The van der Waals surface area contributed by atoms with Gasteiger partial charge in [0.15, 0.2) is 5.78 Å². The van der Waals surface area contributed by atoms with E-state index in [-0.39, 0.29) is 12.2 Å². The number of carbonyl (C=O) groups excluding carboxylic acids is 1. The van der Waals surface area contributed by atoms with Crippen molar-refractivity contribution in [2.45, 2.75) is 33.2 Å². The molecular formula is C16H23NO4. The standard InChI is InChI=1S/C16H23NO4/c1-10(2)9-17-14(8-15(18)19)16(20)13-6-5-12(21-4)7-11(13)3/h5-7,10,14,17H,8-9H2,1-4H3,(H,18,19). The number of ether oxygens (including phenoxy) is 1. The van der Waals surface area contributed by atoms with Gasteiger partial charge in [-0.3, -0.25) is 9.59 Å². The molecule has 0 amide bonds. The first kappa shape index (κ1) is 17.2. The summed E-state index contributed by atoms with van der Waals surface area (Å²) in [5.74, 6) is -0.172. The summed E-state index contributed by atoms with van der Waals surface area (Å²) in [5.41, 5.74) is 1.30. The molecule has 1 unspecified atom stereocenters. The Morgan fingerprint density at radius 2 is 2.00 bits per heavy atom. The summed E-state index contributed by atoms with van der Waals surface area (Å²) < 4.78 is 5.11. The lowest BCUT2D eigenvalue weighted by molar-refractivity contribution is -0.137. The highest BCUT2D eigenvalue weighted by Gasteiger charge is 2.24. The highest BCUT2D eigenvalue weighted by Crippen LogP contribution is 2.19. The maximum atomic E-state index is 12.5. The lowest BCUT2D eigenvalue weighted by atomic mass is 9.97. The number of aryl methyl sites for hydroxylation is 1. The lowest BCUT2D eigenvalue weighted by Crippen LogP contribution is -2.40. The molecule has 5 heteroatoms. The first-order valence-electron chi connectivity index (χ1n) is 6.99. The maximum absolute atomic E-state index is 12.5. The third-order valence-corrected chi connectivity index (χ3v) is 3.17. The molecule has 0 spiro atoms. The Balaban J connectivity index is 2.95. The van der Waals surface area contributed by atoms with E-state index in [1.807, 2.05) is 20.8 Å². The molecule has 1 aromatic rings. The Bertz CT molecular complexity index is 511. The van der Waals surface area contributed by atoms with Crippen molar-refractivity contribution in [2.24, 2.45) is 5.92 Å². The van der Waals surface area contributed by atoms with Crippen molar-refractivity contribution in [3.63, 3.8) is 0 Å². The summed E-state index contributed by atoms with van der Waals surface area (Å²) in [6, 6.07) is 4.45. The van der Waals surface area contributed by atoms with Crippen molar-refractivity contribution in [1.29, 1.82) is 0 Å². The van der Waals surface area contributed by atoms with Crippen LogP contribution in [0.5, 0.6) is 5.75 Å². The number of methoxy groups -OCH3 is 1. The van der Waals surface area contributed by atoms with Crippen LogP contribution in [-0.4, -0.2) is 36.6 Å². The predicted octanol–water partition coefficient (Wildman–Crippen LogP) is 2.28. The molecule has 21 heavy (non-hydrogen) atoms. The van der Waals surface area contributed by atoms with E-state index >= 15 is 0 Å². The van der Waals surface area contributed by atoms with Gasteiger partial charge in [-0.25, -0.2) is 0 Å². The van der Waals surface area contributed by atoms with Crippen LogP contribution in [0.1, 0.15) is 36.2 Å². The van der Waals surface area contributed by atoms with Crippen LogP contribution in [0, 0.1) is 12.8 Å². The Labute approximate surface area is 125 Å². The Kier molecular flexibility index (Phi) is 6.37. The third-order valence-electron chi connectivity index (χ3n) is 3.17. The Hall–Kier alpha value is -1.88. The number of nitrogens with one attached hydrogen (secondary N) is 1. The molecule has 5 nitrogen and oxygen atoms in total. The van der Waals surface area contributed by atoms with Crippen molar-refractivity contribution in [1.82, 2.24) is 5.32 Å². The first-order valence-corrected chi connectivity index (χ1v) is 6.99. The average molecular weight is 293 g/mol. The van der Waals surface area contributed by atoms with E-state index in [2.05, 4.69) is 5.32 Å². The third kappa shape index (κ3) is 5.19. The molecule has 0 aliphatic heterocycles. The number of carboxylic acid groups (broad SMARTS) is 1. The van der Waals surface area contributed by atoms with Crippen LogP contribution in [0.2, 0.25) is 0 Å². The van der Waals surface area contributed by atoms with E-state index < -0.39 is 12.0 Å². The molecule has 0 bridgehead atoms. The van der Waals surface area contributed by atoms with Crippen molar-refractivity contribution < 1.29 is 19.4 Å². The van der Waals surface area contributed by atoms with E-state index in [1.165, 1.54) is 0 Å². The maximum Gasteiger partial charge on any atom is 0.305 e. The van der Waals surface area contributed by atoms with E-state index in [0.29, 0.717) is 23.8 Å². The van der Waals surface area contributed by atoms with Gasteiger partial charge in [-0.15, -0.1) is 0 Å². The number of benzene rings is 1. The van der Waals surface area contributed by atoms with E-state index in [9.17, 15) is 9.59 Å². The minimum absolute atomic E-state index is 0.196. The zero-order valence-electron chi connectivity index (χ0n) is 13.0. The second kappa shape index (κ2) is 7.78. The minimum Gasteiger partial charge on any atom is -0.497 e. The Morgan fingerprint density at radius 1 is 1.33 bits per heavy atom. The molecule has 0 aliphatic carbocycles. The minimum atomic E-state index is -0.990.